The average molecular weight is 504 g/mol. The van der Waals surface area contributed by atoms with Gasteiger partial charge < -0.3 is 9.47 Å². The molecule has 36 heavy (non-hydrogen) atoms. The summed E-state index contributed by atoms with van der Waals surface area (Å²) in [5, 5.41) is 11.4. The summed E-state index contributed by atoms with van der Waals surface area (Å²) in [6.07, 6.45) is 2.66. The van der Waals surface area contributed by atoms with Gasteiger partial charge in [-0.2, -0.15) is 0 Å². The molecule has 3 aromatic rings. The number of nitro groups is 1. The average Bonchev–Trinajstić information content (AvgIpc) is 3.15. The van der Waals surface area contributed by atoms with Gasteiger partial charge in [-0.15, -0.1) is 0 Å². The molecule has 0 bridgehead atoms. The Morgan fingerprint density at radius 2 is 1.83 bits per heavy atom. The van der Waals surface area contributed by atoms with Crippen LogP contribution in [0.15, 0.2) is 76.6 Å². The third kappa shape index (κ3) is 5.58. The van der Waals surface area contributed by atoms with Gasteiger partial charge in [0, 0.05) is 19.2 Å². The van der Waals surface area contributed by atoms with Crippen molar-refractivity contribution in [2.45, 2.75) is 20.0 Å². The molecule has 1 saturated heterocycles. The van der Waals surface area contributed by atoms with Crippen LogP contribution in [0.4, 0.5) is 11.4 Å². The smallest absolute Gasteiger partial charge is 0.269 e. The van der Waals surface area contributed by atoms with Crippen molar-refractivity contribution >= 4 is 40.3 Å². The van der Waals surface area contributed by atoms with E-state index in [0.29, 0.717) is 21.6 Å². The molecule has 184 valence electrons. The van der Waals surface area contributed by atoms with E-state index in [0.717, 1.165) is 28.8 Å². The molecule has 0 unspecified atom stereocenters. The number of benzene rings is 3. The van der Waals surface area contributed by atoms with Crippen LogP contribution in [-0.4, -0.2) is 35.1 Å². The number of nitro benzene ring substituents is 1. The number of amidine groups is 1. The molecule has 9 heteroatoms. The molecule has 1 amide bonds. The number of aryl methyl sites for hydroxylation is 1. The summed E-state index contributed by atoms with van der Waals surface area (Å²) in [5.41, 5.74) is 3.59. The van der Waals surface area contributed by atoms with Crippen LogP contribution in [0.3, 0.4) is 0 Å². The Bertz CT molecular complexity index is 1350. The fraction of sp³-hybridized carbons (Fsp3) is 0.185. The number of aliphatic imine (C=N–C) groups is 1. The van der Waals surface area contributed by atoms with E-state index in [2.05, 4.69) is 6.92 Å². The van der Waals surface area contributed by atoms with Gasteiger partial charge in [0.15, 0.2) is 16.7 Å². The topological polar surface area (TPSA) is 94.3 Å². The first-order valence-electron chi connectivity index (χ1n) is 11.3. The fourth-order valence-electron chi connectivity index (χ4n) is 3.59. The predicted molar refractivity (Wildman–Crippen MR) is 142 cm³/mol. The lowest BCUT2D eigenvalue weighted by atomic mass is 10.1. The van der Waals surface area contributed by atoms with E-state index in [1.807, 2.05) is 30.3 Å². The minimum absolute atomic E-state index is 0.0291. The van der Waals surface area contributed by atoms with E-state index in [4.69, 9.17) is 14.5 Å². The van der Waals surface area contributed by atoms with Crippen LogP contribution in [0.25, 0.3) is 6.08 Å². The van der Waals surface area contributed by atoms with E-state index in [9.17, 15) is 14.9 Å². The van der Waals surface area contributed by atoms with Crippen molar-refractivity contribution in [1.82, 2.24) is 4.90 Å². The lowest BCUT2D eigenvalue weighted by Gasteiger charge is -2.11. The molecule has 0 N–H and O–H groups in total. The van der Waals surface area contributed by atoms with Crippen molar-refractivity contribution in [3.8, 4) is 11.5 Å². The molecule has 0 saturated carbocycles. The summed E-state index contributed by atoms with van der Waals surface area (Å²) < 4.78 is 11.4. The maximum atomic E-state index is 12.9. The zero-order chi connectivity index (χ0) is 25.7. The minimum Gasteiger partial charge on any atom is -0.493 e. The second-order valence-corrected chi connectivity index (χ2v) is 8.98. The number of thioether (sulfide) groups is 1. The van der Waals surface area contributed by atoms with Gasteiger partial charge in [-0.3, -0.25) is 19.8 Å². The number of amides is 1. The summed E-state index contributed by atoms with van der Waals surface area (Å²) in [7, 11) is 3.27. The van der Waals surface area contributed by atoms with Gasteiger partial charge in [-0.05, 0) is 71.3 Å². The van der Waals surface area contributed by atoms with E-state index in [-0.39, 0.29) is 18.2 Å². The van der Waals surface area contributed by atoms with Crippen molar-refractivity contribution in [2.75, 3.05) is 14.2 Å². The van der Waals surface area contributed by atoms with Crippen molar-refractivity contribution in [3.63, 3.8) is 0 Å². The predicted octanol–water partition coefficient (Wildman–Crippen LogP) is 5.98. The number of non-ortho nitro benzene ring substituents is 1. The van der Waals surface area contributed by atoms with Crippen LogP contribution in [0.5, 0.6) is 11.5 Å². The Morgan fingerprint density at radius 3 is 2.53 bits per heavy atom. The molecule has 1 aliphatic heterocycles. The van der Waals surface area contributed by atoms with E-state index in [1.165, 1.54) is 23.9 Å². The molecule has 4 rings (SSSR count). The highest BCUT2D eigenvalue weighted by molar-refractivity contribution is 8.18. The minimum atomic E-state index is -0.440. The van der Waals surface area contributed by atoms with Gasteiger partial charge in [0.25, 0.3) is 11.6 Å². The molecule has 8 nitrogen and oxygen atoms in total. The highest BCUT2D eigenvalue weighted by Gasteiger charge is 2.30. The van der Waals surface area contributed by atoms with Crippen LogP contribution in [0.1, 0.15) is 23.6 Å². The van der Waals surface area contributed by atoms with Crippen LogP contribution >= 0.6 is 11.8 Å². The molecule has 1 fully saturated rings. The Balaban J connectivity index is 1.51. The van der Waals surface area contributed by atoms with Gasteiger partial charge in [-0.25, -0.2) is 4.99 Å². The largest absolute Gasteiger partial charge is 0.493 e. The number of nitrogens with zero attached hydrogens (tertiary/aromatic N) is 3. The van der Waals surface area contributed by atoms with Gasteiger partial charge >= 0.3 is 0 Å². The quantitative estimate of drug-likeness (QED) is 0.213. The highest BCUT2D eigenvalue weighted by Crippen LogP contribution is 2.36. The lowest BCUT2D eigenvalue weighted by Crippen LogP contribution is -2.23. The van der Waals surface area contributed by atoms with Gasteiger partial charge in [0.1, 0.15) is 6.61 Å². The number of methoxy groups -OCH3 is 1. The van der Waals surface area contributed by atoms with Crippen molar-refractivity contribution in [3.05, 3.63) is 98.4 Å². The SMILES string of the molecule is CCc1ccccc1N=C1S/C(=C/c2ccc(OCc3ccc([N+](=O)[O-])cc3)c(OC)c2)C(=O)N1C. The zero-order valence-electron chi connectivity index (χ0n) is 20.1. The van der Waals surface area contributed by atoms with Gasteiger partial charge in [0.05, 0.1) is 22.6 Å². The lowest BCUT2D eigenvalue weighted by molar-refractivity contribution is -0.384. The summed E-state index contributed by atoms with van der Waals surface area (Å²) in [6.45, 7) is 2.31. The van der Waals surface area contributed by atoms with Crippen molar-refractivity contribution in [1.29, 1.82) is 0 Å². The first kappa shape index (κ1) is 25.0. The second kappa shape index (κ2) is 11.1. The number of rotatable bonds is 8. The molecule has 0 radical (unpaired) electrons. The van der Waals surface area contributed by atoms with Crippen molar-refractivity contribution < 1.29 is 19.2 Å². The molecule has 3 aromatic carbocycles. The molecule has 0 aromatic heterocycles. The number of likely N-dealkylation sites (N-methyl/N-ethyl adjacent to an activating group) is 1. The van der Waals surface area contributed by atoms with Gasteiger partial charge in [-0.1, -0.05) is 31.2 Å². The first-order valence-corrected chi connectivity index (χ1v) is 12.1. The molecule has 0 atom stereocenters. The Morgan fingerprint density at radius 1 is 1.08 bits per heavy atom. The Kier molecular flexibility index (Phi) is 7.70. The van der Waals surface area contributed by atoms with Crippen LogP contribution < -0.4 is 9.47 Å². The summed E-state index contributed by atoms with van der Waals surface area (Å²) >= 11 is 1.33. The standard InChI is InChI=1S/C27H25N3O5S/c1-4-20-7-5-6-8-22(20)28-27-29(2)26(31)25(36-27)16-19-11-14-23(24(15-19)34-3)35-17-18-9-12-21(13-10-18)30(32)33/h5-16H,4,17H2,1-3H3/b25-16+,28-27?. The fourth-order valence-corrected chi connectivity index (χ4v) is 4.57. The summed E-state index contributed by atoms with van der Waals surface area (Å²) in [6, 6.07) is 19.5. The van der Waals surface area contributed by atoms with Crippen LogP contribution in [0, 0.1) is 10.1 Å². The molecule has 0 aliphatic carbocycles. The molecular formula is C27H25N3O5S. The molecule has 0 spiro atoms. The molecular weight excluding hydrogens is 478 g/mol. The number of hydrogen-bond donors (Lipinski definition) is 0. The summed E-state index contributed by atoms with van der Waals surface area (Å²) in [4.78, 5) is 30.1. The summed E-state index contributed by atoms with van der Waals surface area (Å²) in [5.74, 6) is 0.921. The number of ether oxygens (including phenoxy) is 2. The number of carbonyl (C=O) groups is 1. The Hall–Kier alpha value is -4.11. The first-order chi connectivity index (χ1) is 17.4. The Labute approximate surface area is 213 Å². The van der Waals surface area contributed by atoms with Crippen molar-refractivity contribution in [2.24, 2.45) is 4.99 Å². The number of hydrogen-bond acceptors (Lipinski definition) is 7. The zero-order valence-corrected chi connectivity index (χ0v) is 21.0. The third-order valence-corrected chi connectivity index (χ3v) is 6.68. The van der Waals surface area contributed by atoms with E-state index < -0.39 is 4.92 Å². The van der Waals surface area contributed by atoms with E-state index in [1.54, 1.807) is 49.4 Å². The molecule has 1 aliphatic rings. The monoisotopic (exact) mass is 503 g/mol. The number of carbonyl (C=O) groups excluding carboxylic acids is 1. The third-order valence-electron chi connectivity index (χ3n) is 5.62. The van der Waals surface area contributed by atoms with Gasteiger partial charge in [0.2, 0.25) is 0 Å². The van der Waals surface area contributed by atoms with Crippen LogP contribution in [-0.2, 0) is 17.8 Å². The molecule has 1 heterocycles. The highest BCUT2D eigenvalue weighted by atomic mass is 32.2. The maximum Gasteiger partial charge on any atom is 0.269 e. The maximum absolute atomic E-state index is 12.9. The van der Waals surface area contributed by atoms with E-state index >= 15 is 0 Å². The van der Waals surface area contributed by atoms with Crippen LogP contribution in [0.2, 0.25) is 0 Å². The number of para-hydroxylation sites is 1. The normalized spacial score (nSPS) is 15.5. The second-order valence-electron chi connectivity index (χ2n) is 7.97.